The molecule has 0 saturated heterocycles. The molecule has 2 aromatic carbocycles. The summed E-state index contributed by atoms with van der Waals surface area (Å²) in [6, 6.07) is 10.1. The molecule has 188 valence electrons. The quantitative estimate of drug-likeness (QED) is 0.273. The molecule has 1 atom stereocenters. The fourth-order valence-corrected chi connectivity index (χ4v) is 6.68. The number of benzene rings is 2. The van der Waals surface area contributed by atoms with E-state index in [0.29, 0.717) is 38.8 Å². The zero-order valence-corrected chi connectivity index (χ0v) is 23.1. The Bertz CT molecular complexity index is 1510. The van der Waals surface area contributed by atoms with E-state index in [1.807, 2.05) is 6.07 Å². The number of methoxy groups -OCH3 is 1. The Morgan fingerprint density at radius 1 is 1.25 bits per heavy atom. The molecule has 8 heteroatoms. The van der Waals surface area contributed by atoms with Gasteiger partial charge in [-0.25, -0.2) is 9.37 Å². The first-order chi connectivity index (χ1) is 17.2. The number of halogens is 2. The number of nitrogens with zero attached hydrogens (tertiary/aromatic N) is 1. The van der Waals surface area contributed by atoms with Crippen LogP contribution in [-0.4, -0.2) is 17.1 Å². The smallest absolute Gasteiger partial charge is 0.260 e. The third-order valence-corrected chi connectivity index (χ3v) is 8.71. The molecular weight excluding hydrogens is 543 g/mol. The SMILES string of the molecule is COc1cc(-c2nc3sc4c(c3c(=O)[nH]2)CCC(C(C)(C)C)C4)cc(Br)c1OCc1ccccc1F. The maximum absolute atomic E-state index is 14.0. The van der Waals surface area contributed by atoms with E-state index in [1.165, 1.54) is 10.9 Å². The Labute approximate surface area is 221 Å². The van der Waals surface area contributed by atoms with E-state index in [1.54, 1.807) is 42.7 Å². The van der Waals surface area contributed by atoms with Gasteiger partial charge in [0.25, 0.3) is 5.56 Å². The van der Waals surface area contributed by atoms with E-state index in [4.69, 9.17) is 14.5 Å². The number of rotatable bonds is 5. The Morgan fingerprint density at radius 2 is 2.03 bits per heavy atom. The molecule has 1 aliphatic rings. The van der Waals surface area contributed by atoms with Crippen LogP contribution in [0.1, 0.15) is 43.2 Å². The lowest BCUT2D eigenvalue weighted by atomic mass is 9.72. The van der Waals surface area contributed by atoms with Gasteiger partial charge in [-0.3, -0.25) is 4.79 Å². The molecule has 4 aromatic rings. The van der Waals surface area contributed by atoms with Crippen LogP contribution in [0.4, 0.5) is 4.39 Å². The van der Waals surface area contributed by atoms with Gasteiger partial charge in [0.2, 0.25) is 0 Å². The molecule has 0 bridgehead atoms. The van der Waals surface area contributed by atoms with Crippen molar-refractivity contribution >= 4 is 37.5 Å². The molecule has 2 aromatic heterocycles. The van der Waals surface area contributed by atoms with E-state index in [0.717, 1.165) is 35.0 Å². The highest BCUT2D eigenvalue weighted by Gasteiger charge is 2.31. The second-order valence-corrected chi connectivity index (χ2v) is 12.2. The largest absolute Gasteiger partial charge is 0.493 e. The summed E-state index contributed by atoms with van der Waals surface area (Å²) in [4.78, 5) is 23.1. The van der Waals surface area contributed by atoms with Crippen molar-refractivity contribution in [3.8, 4) is 22.9 Å². The van der Waals surface area contributed by atoms with Gasteiger partial charge in [0.15, 0.2) is 11.5 Å². The lowest BCUT2D eigenvalue weighted by molar-refractivity contribution is 0.218. The Hall–Kier alpha value is -2.71. The molecule has 0 saturated carbocycles. The van der Waals surface area contributed by atoms with E-state index in [-0.39, 0.29) is 23.4 Å². The first-order valence-electron chi connectivity index (χ1n) is 11.9. The van der Waals surface area contributed by atoms with Crippen LogP contribution in [0.15, 0.2) is 45.7 Å². The van der Waals surface area contributed by atoms with Gasteiger partial charge in [0.1, 0.15) is 23.1 Å². The summed E-state index contributed by atoms with van der Waals surface area (Å²) < 4.78 is 26.1. The first-order valence-corrected chi connectivity index (χ1v) is 13.6. The summed E-state index contributed by atoms with van der Waals surface area (Å²) in [6.45, 7) is 6.91. The molecule has 2 heterocycles. The molecule has 1 N–H and O–H groups in total. The van der Waals surface area contributed by atoms with Crippen molar-refractivity contribution in [1.29, 1.82) is 0 Å². The summed E-state index contributed by atoms with van der Waals surface area (Å²) in [6.07, 6.45) is 2.98. The van der Waals surface area contributed by atoms with Crippen LogP contribution in [0, 0.1) is 17.2 Å². The summed E-state index contributed by atoms with van der Waals surface area (Å²) in [7, 11) is 1.54. The highest BCUT2D eigenvalue weighted by Crippen LogP contribution is 2.43. The van der Waals surface area contributed by atoms with E-state index in [2.05, 4.69) is 41.7 Å². The molecule has 36 heavy (non-hydrogen) atoms. The molecule has 0 amide bonds. The number of aryl methyl sites for hydroxylation is 1. The standard InChI is InChI=1S/C28H28BrFN2O3S/c1-28(2,3)17-9-10-18-22(13-17)36-27-23(18)26(33)31-25(32-27)16-11-19(29)24(21(12-16)34-4)35-14-15-7-5-6-8-20(15)30/h5-8,11-12,17H,9-10,13-14H2,1-4H3,(H,31,32,33). The number of hydrogen-bond donors (Lipinski definition) is 1. The average Bonchev–Trinajstić information content (AvgIpc) is 3.21. The lowest BCUT2D eigenvalue weighted by Crippen LogP contribution is -2.26. The lowest BCUT2D eigenvalue weighted by Gasteiger charge is -2.33. The molecule has 0 radical (unpaired) electrons. The number of thiophene rings is 1. The van der Waals surface area contributed by atoms with Crippen molar-refractivity contribution in [2.45, 2.75) is 46.6 Å². The topological polar surface area (TPSA) is 64.2 Å². The zero-order chi connectivity index (χ0) is 25.6. The molecule has 0 aliphatic heterocycles. The predicted octanol–water partition coefficient (Wildman–Crippen LogP) is 7.29. The van der Waals surface area contributed by atoms with Gasteiger partial charge < -0.3 is 14.5 Å². The minimum atomic E-state index is -0.327. The monoisotopic (exact) mass is 570 g/mol. The number of hydrogen-bond acceptors (Lipinski definition) is 5. The van der Waals surface area contributed by atoms with Crippen LogP contribution in [0.5, 0.6) is 11.5 Å². The Kier molecular flexibility index (Phi) is 6.68. The van der Waals surface area contributed by atoms with Gasteiger partial charge in [-0.05, 0) is 70.3 Å². The minimum absolute atomic E-state index is 0.0539. The van der Waals surface area contributed by atoms with Crippen molar-refractivity contribution in [2.24, 2.45) is 11.3 Å². The van der Waals surface area contributed by atoms with Crippen molar-refractivity contribution in [2.75, 3.05) is 7.11 Å². The van der Waals surface area contributed by atoms with Crippen LogP contribution in [0.25, 0.3) is 21.6 Å². The molecular formula is C28H28BrFN2O3S. The fourth-order valence-electron chi connectivity index (χ4n) is 4.82. The molecule has 1 unspecified atom stereocenters. The number of fused-ring (bicyclic) bond motifs is 3. The van der Waals surface area contributed by atoms with Gasteiger partial charge in [-0.1, -0.05) is 39.0 Å². The van der Waals surface area contributed by atoms with Crippen LogP contribution < -0.4 is 15.0 Å². The molecule has 5 nitrogen and oxygen atoms in total. The molecule has 0 spiro atoms. The van der Waals surface area contributed by atoms with Crippen molar-refractivity contribution in [1.82, 2.24) is 9.97 Å². The number of ether oxygens (including phenoxy) is 2. The molecule has 5 rings (SSSR count). The third kappa shape index (κ3) is 4.68. The highest BCUT2D eigenvalue weighted by molar-refractivity contribution is 9.10. The van der Waals surface area contributed by atoms with Crippen molar-refractivity contribution in [3.63, 3.8) is 0 Å². The van der Waals surface area contributed by atoms with Gasteiger partial charge in [-0.2, -0.15) is 0 Å². The normalized spacial score (nSPS) is 15.7. The number of H-pyrrole nitrogens is 1. The third-order valence-electron chi connectivity index (χ3n) is 6.98. The Balaban J connectivity index is 1.49. The fraction of sp³-hybridized carbons (Fsp3) is 0.357. The summed E-state index contributed by atoms with van der Waals surface area (Å²) in [5.41, 5.74) is 2.41. The summed E-state index contributed by atoms with van der Waals surface area (Å²) in [5.74, 6) is 1.64. The van der Waals surface area contributed by atoms with E-state index in [9.17, 15) is 9.18 Å². The highest BCUT2D eigenvalue weighted by atomic mass is 79.9. The van der Waals surface area contributed by atoms with Gasteiger partial charge >= 0.3 is 0 Å². The average molecular weight is 572 g/mol. The Morgan fingerprint density at radius 3 is 2.75 bits per heavy atom. The summed E-state index contributed by atoms with van der Waals surface area (Å²) >= 11 is 5.18. The maximum Gasteiger partial charge on any atom is 0.260 e. The van der Waals surface area contributed by atoms with Gasteiger partial charge in [0.05, 0.1) is 17.0 Å². The number of aromatic amines is 1. The second-order valence-electron chi connectivity index (χ2n) is 10.3. The number of aromatic nitrogens is 2. The predicted molar refractivity (Wildman–Crippen MR) is 146 cm³/mol. The maximum atomic E-state index is 14.0. The van der Waals surface area contributed by atoms with E-state index < -0.39 is 0 Å². The number of nitrogens with one attached hydrogen (secondary N) is 1. The van der Waals surface area contributed by atoms with Crippen LogP contribution in [0.3, 0.4) is 0 Å². The van der Waals surface area contributed by atoms with Gasteiger partial charge in [0, 0.05) is 16.0 Å². The van der Waals surface area contributed by atoms with E-state index >= 15 is 0 Å². The second kappa shape index (κ2) is 9.63. The zero-order valence-electron chi connectivity index (χ0n) is 20.7. The van der Waals surface area contributed by atoms with Crippen LogP contribution in [-0.2, 0) is 19.4 Å². The van der Waals surface area contributed by atoms with Crippen LogP contribution >= 0.6 is 27.3 Å². The van der Waals surface area contributed by atoms with Crippen molar-refractivity contribution < 1.29 is 13.9 Å². The minimum Gasteiger partial charge on any atom is -0.493 e. The van der Waals surface area contributed by atoms with Crippen molar-refractivity contribution in [3.05, 3.63) is 73.0 Å². The summed E-state index contributed by atoms with van der Waals surface area (Å²) in [5, 5.41) is 0.724. The van der Waals surface area contributed by atoms with Crippen LogP contribution in [0.2, 0.25) is 0 Å². The molecule has 1 aliphatic carbocycles. The first kappa shape index (κ1) is 25.0. The van der Waals surface area contributed by atoms with Gasteiger partial charge in [-0.15, -0.1) is 11.3 Å². The molecule has 0 fully saturated rings.